The van der Waals surface area contributed by atoms with E-state index in [0.29, 0.717) is 19.4 Å². The van der Waals surface area contributed by atoms with Crippen molar-refractivity contribution in [2.45, 2.75) is 69.7 Å². The maximum Gasteiger partial charge on any atom is 0.234 e. The summed E-state index contributed by atoms with van der Waals surface area (Å²) in [5.41, 5.74) is -1.08. The summed E-state index contributed by atoms with van der Waals surface area (Å²) in [6, 6.07) is 0.502. The second-order valence-corrected chi connectivity index (χ2v) is 8.16. The topological polar surface area (TPSA) is 70.4 Å². The van der Waals surface area contributed by atoms with E-state index < -0.39 is 5.60 Å². The van der Waals surface area contributed by atoms with Gasteiger partial charge in [0.15, 0.2) is 0 Å². The summed E-state index contributed by atoms with van der Waals surface area (Å²) >= 11 is 0. The Morgan fingerprint density at radius 3 is 2.48 bits per heavy atom. The third-order valence-corrected chi connectivity index (χ3v) is 5.00. The number of nitrogens with one attached hydrogen (secondary N) is 1. The third kappa shape index (κ3) is 3.28. The van der Waals surface area contributed by atoms with Crippen LogP contribution in [0.4, 0.5) is 0 Å². The fourth-order valence-electron chi connectivity index (χ4n) is 4.19. The maximum atomic E-state index is 12.3. The van der Waals surface area contributed by atoms with Gasteiger partial charge in [-0.1, -0.05) is 0 Å². The molecule has 0 unspecified atom stereocenters. The van der Waals surface area contributed by atoms with Gasteiger partial charge in [-0.2, -0.15) is 0 Å². The van der Waals surface area contributed by atoms with Gasteiger partial charge >= 0.3 is 0 Å². The largest absolute Gasteiger partial charge is 0.382 e. The molecule has 0 saturated carbocycles. The lowest BCUT2D eigenvalue weighted by Crippen LogP contribution is -2.54. The summed E-state index contributed by atoms with van der Waals surface area (Å²) in [4.78, 5) is 18.9. The molecule has 0 aliphatic carbocycles. The Labute approximate surface area is 137 Å². The first kappa shape index (κ1) is 16.5. The van der Waals surface area contributed by atoms with E-state index in [9.17, 15) is 9.90 Å². The van der Waals surface area contributed by atoms with Crippen molar-refractivity contribution in [2.75, 3.05) is 6.54 Å². The van der Waals surface area contributed by atoms with Crippen molar-refractivity contribution in [1.29, 1.82) is 0 Å². The lowest BCUT2D eigenvalue weighted by Gasteiger charge is -2.43. The minimum absolute atomic E-state index is 0.0665. The van der Waals surface area contributed by atoms with Gasteiger partial charge in [0.25, 0.3) is 0 Å². The summed E-state index contributed by atoms with van der Waals surface area (Å²) in [5, 5.41) is 14.2. The first-order valence-corrected chi connectivity index (χ1v) is 8.45. The molecule has 2 N–H and O–H groups in total. The fourth-order valence-corrected chi connectivity index (χ4v) is 4.19. The Bertz CT molecular complexity index is 576. The lowest BCUT2D eigenvalue weighted by molar-refractivity contribution is -0.127. The monoisotopic (exact) mass is 320 g/mol. The molecule has 2 aliphatic heterocycles. The highest BCUT2D eigenvalue weighted by Crippen LogP contribution is 2.44. The number of aromatic nitrogens is 2. The van der Waals surface area contributed by atoms with Gasteiger partial charge in [-0.15, -0.1) is 0 Å². The van der Waals surface area contributed by atoms with E-state index in [0.717, 1.165) is 18.7 Å². The predicted octanol–water partition coefficient (Wildman–Crippen LogP) is 1.15. The van der Waals surface area contributed by atoms with Crippen LogP contribution in [0.1, 0.15) is 52.3 Å². The van der Waals surface area contributed by atoms with E-state index in [4.69, 9.17) is 0 Å². The zero-order valence-corrected chi connectivity index (χ0v) is 14.5. The minimum atomic E-state index is -0.874. The Morgan fingerprint density at radius 2 is 2.00 bits per heavy atom. The molecule has 6 heteroatoms. The van der Waals surface area contributed by atoms with Crippen LogP contribution in [-0.2, 0) is 17.4 Å². The van der Waals surface area contributed by atoms with Crippen LogP contribution in [0.5, 0.6) is 0 Å². The van der Waals surface area contributed by atoms with Crippen LogP contribution >= 0.6 is 0 Å². The first-order valence-electron chi connectivity index (χ1n) is 8.45. The summed E-state index contributed by atoms with van der Waals surface area (Å²) < 4.78 is 1.90. The molecule has 128 valence electrons. The Balaban J connectivity index is 1.70. The van der Waals surface area contributed by atoms with Crippen molar-refractivity contribution in [2.24, 2.45) is 7.05 Å². The van der Waals surface area contributed by atoms with Crippen molar-refractivity contribution in [3.8, 4) is 0 Å². The number of fused-ring (bicyclic) bond motifs is 2. The molecule has 2 saturated heterocycles. The molecular formula is C17H28N4O2. The highest BCUT2D eigenvalue weighted by molar-refractivity contribution is 5.78. The first-order chi connectivity index (χ1) is 10.7. The summed E-state index contributed by atoms with van der Waals surface area (Å²) in [6.07, 6.45) is 6.99. The van der Waals surface area contributed by atoms with Crippen LogP contribution in [0.3, 0.4) is 0 Å². The van der Waals surface area contributed by atoms with E-state index in [1.54, 1.807) is 6.20 Å². The molecule has 0 spiro atoms. The third-order valence-electron chi connectivity index (χ3n) is 5.00. The van der Waals surface area contributed by atoms with Crippen LogP contribution in [0.15, 0.2) is 12.4 Å². The standard InChI is InChI=1S/C17H28N4O2/c1-16(2,3)19-14(22)11-21-12-5-6-13(21)10-17(23,9-12)15-18-7-8-20(15)4/h7-8,12-13,23H,5-6,9-11H2,1-4H3,(H,19,22)/t12-,13-/m0/s1. The zero-order valence-electron chi connectivity index (χ0n) is 14.5. The molecule has 2 aliphatic rings. The number of imidazole rings is 1. The Morgan fingerprint density at radius 1 is 1.39 bits per heavy atom. The maximum absolute atomic E-state index is 12.3. The number of hydrogen-bond donors (Lipinski definition) is 2. The smallest absolute Gasteiger partial charge is 0.234 e. The molecule has 2 atom stereocenters. The van der Waals surface area contributed by atoms with Gasteiger partial charge in [0.1, 0.15) is 11.4 Å². The average Bonchev–Trinajstić information content (AvgIpc) is 2.92. The molecule has 2 bridgehead atoms. The van der Waals surface area contributed by atoms with E-state index in [-0.39, 0.29) is 23.5 Å². The molecule has 3 heterocycles. The normalized spacial score (nSPS) is 31.3. The van der Waals surface area contributed by atoms with Gasteiger partial charge in [-0.3, -0.25) is 9.69 Å². The molecule has 0 radical (unpaired) electrons. The Kier molecular flexibility index (Phi) is 4.01. The average molecular weight is 320 g/mol. The Hall–Kier alpha value is -1.40. The molecule has 1 aromatic rings. The van der Waals surface area contributed by atoms with Crippen LogP contribution in [-0.4, -0.2) is 49.6 Å². The van der Waals surface area contributed by atoms with Crippen molar-refractivity contribution < 1.29 is 9.90 Å². The number of hydrogen-bond acceptors (Lipinski definition) is 4. The fraction of sp³-hybridized carbons (Fsp3) is 0.765. The van der Waals surface area contributed by atoms with Crippen LogP contribution in [0.25, 0.3) is 0 Å². The van der Waals surface area contributed by atoms with E-state index in [1.807, 2.05) is 38.6 Å². The molecule has 0 aromatic carbocycles. The highest BCUT2D eigenvalue weighted by atomic mass is 16.3. The SMILES string of the molecule is Cn1ccnc1C1(O)C[C@@H]2CC[C@@H](C1)N2CC(=O)NC(C)(C)C. The van der Waals surface area contributed by atoms with E-state index in [2.05, 4.69) is 15.2 Å². The molecule has 1 amide bonds. The predicted molar refractivity (Wildman–Crippen MR) is 87.8 cm³/mol. The number of carbonyl (C=O) groups excluding carboxylic acids is 1. The highest BCUT2D eigenvalue weighted by Gasteiger charge is 2.50. The summed E-state index contributed by atoms with van der Waals surface area (Å²) in [6.45, 7) is 6.41. The summed E-state index contributed by atoms with van der Waals surface area (Å²) in [7, 11) is 1.92. The van der Waals surface area contributed by atoms with Gasteiger partial charge < -0.3 is 15.0 Å². The van der Waals surface area contributed by atoms with Crippen molar-refractivity contribution >= 4 is 5.91 Å². The van der Waals surface area contributed by atoms with Gasteiger partial charge in [0.2, 0.25) is 5.91 Å². The number of carbonyl (C=O) groups is 1. The number of piperidine rings is 1. The number of aryl methyl sites for hydroxylation is 1. The molecular weight excluding hydrogens is 292 g/mol. The van der Waals surface area contributed by atoms with Crippen LogP contribution in [0.2, 0.25) is 0 Å². The number of aliphatic hydroxyl groups is 1. The molecule has 1 aromatic heterocycles. The van der Waals surface area contributed by atoms with Gasteiger partial charge in [0, 0.05) is 37.1 Å². The van der Waals surface area contributed by atoms with Crippen molar-refractivity contribution in [3.63, 3.8) is 0 Å². The van der Waals surface area contributed by atoms with E-state index >= 15 is 0 Å². The zero-order chi connectivity index (χ0) is 16.8. The number of amides is 1. The number of rotatable bonds is 3. The summed E-state index contributed by atoms with van der Waals surface area (Å²) in [5.74, 6) is 0.810. The molecule has 2 fully saturated rings. The van der Waals surface area contributed by atoms with Gasteiger partial charge in [0.05, 0.1) is 6.54 Å². The van der Waals surface area contributed by atoms with Crippen LogP contribution < -0.4 is 5.32 Å². The quantitative estimate of drug-likeness (QED) is 0.876. The van der Waals surface area contributed by atoms with Crippen molar-refractivity contribution in [3.05, 3.63) is 18.2 Å². The molecule has 6 nitrogen and oxygen atoms in total. The minimum Gasteiger partial charge on any atom is -0.382 e. The van der Waals surface area contributed by atoms with Crippen molar-refractivity contribution in [1.82, 2.24) is 19.8 Å². The van der Waals surface area contributed by atoms with Crippen LogP contribution in [0, 0.1) is 0 Å². The van der Waals surface area contributed by atoms with E-state index in [1.165, 1.54) is 0 Å². The van der Waals surface area contributed by atoms with Gasteiger partial charge in [-0.05, 0) is 46.5 Å². The molecule has 23 heavy (non-hydrogen) atoms. The lowest BCUT2D eigenvalue weighted by atomic mass is 9.85. The van der Waals surface area contributed by atoms with Gasteiger partial charge in [-0.25, -0.2) is 4.98 Å². The molecule has 3 rings (SSSR count). The second-order valence-electron chi connectivity index (χ2n) is 8.16. The number of nitrogens with zero attached hydrogens (tertiary/aromatic N) is 3. The second kappa shape index (κ2) is 5.60.